The van der Waals surface area contributed by atoms with Crippen molar-refractivity contribution in [2.45, 2.75) is 45.7 Å². The van der Waals surface area contributed by atoms with Gasteiger partial charge < -0.3 is 10.2 Å². The Morgan fingerprint density at radius 3 is 2.74 bits per heavy atom. The van der Waals surface area contributed by atoms with Crippen LogP contribution in [0.25, 0.3) is 0 Å². The van der Waals surface area contributed by atoms with Crippen LogP contribution >= 0.6 is 0 Å². The maximum atomic E-state index is 13.3. The first-order chi connectivity index (χ1) is 11.2. The van der Waals surface area contributed by atoms with E-state index >= 15 is 0 Å². The number of aromatic nitrogens is 1. The molecule has 1 fully saturated rings. The van der Waals surface area contributed by atoms with E-state index in [4.69, 9.17) is 0 Å². The van der Waals surface area contributed by atoms with E-state index < -0.39 is 0 Å². The van der Waals surface area contributed by atoms with Crippen molar-refractivity contribution in [3.05, 3.63) is 30.1 Å². The van der Waals surface area contributed by atoms with Crippen molar-refractivity contribution in [1.82, 2.24) is 20.1 Å². The number of carbonyl (C=O) groups is 1. The smallest absolute Gasteiger partial charge is 0.244 e. The number of amides is 1. The summed E-state index contributed by atoms with van der Waals surface area (Å²) >= 11 is 0. The maximum Gasteiger partial charge on any atom is 0.244 e. The zero-order valence-electron chi connectivity index (χ0n) is 14.7. The number of nitrogens with zero attached hydrogens (tertiary/aromatic N) is 3. The highest BCUT2D eigenvalue weighted by molar-refractivity contribution is 5.83. The average molecular weight is 318 g/mol. The predicted octanol–water partition coefficient (Wildman–Crippen LogP) is 2.06. The lowest BCUT2D eigenvalue weighted by Gasteiger charge is -2.39. The molecule has 5 nitrogen and oxygen atoms in total. The summed E-state index contributed by atoms with van der Waals surface area (Å²) in [6.07, 6.45) is 5.58. The second-order valence-corrected chi connectivity index (χ2v) is 6.36. The van der Waals surface area contributed by atoms with Crippen LogP contribution in [0.4, 0.5) is 0 Å². The Bertz CT molecular complexity index is 473. The molecule has 2 rings (SSSR count). The third kappa shape index (κ3) is 4.75. The minimum Gasteiger partial charge on any atom is -0.341 e. The van der Waals surface area contributed by atoms with Gasteiger partial charge in [0, 0.05) is 51.2 Å². The molecule has 2 heterocycles. The van der Waals surface area contributed by atoms with Crippen molar-refractivity contribution in [2.75, 3.05) is 32.7 Å². The van der Waals surface area contributed by atoms with Crippen molar-refractivity contribution >= 4 is 5.91 Å². The van der Waals surface area contributed by atoms with Crippen LogP contribution in [0.3, 0.4) is 0 Å². The predicted molar refractivity (Wildman–Crippen MR) is 93.2 cm³/mol. The van der Waals surface area contributed by atoms with Crippen molar-refractivity contribution in [3.8, 4) is 0 Å². The van der Waals surface area contributed by atoms with E-state index in [1.54, 1.807) is 6.20 Å². The van der Waals surface area contributed by atoms with E-state index in [1.807, 2.05) is 23.2 Å². The van der Waals surface area contributed by atoms with Crippen molar-refractivity contribution in [2.24, 2.45) is 0 Å². The summed E-state index contributed by atoms with van der Waals surface area (Å²) in [7, 11) is 0. The number of nitrogens with one attached hydrogen (secondary N) is 1. The number of carbonyl (C=O) groups excluding carboxylic acids is 1. The zero-order chi connectivity index (χ0) is 16.7. The monoisotopic (exact) mass is 318 g/mol. The quantitative estimate of drug-likeness (QED) is 0.836. The number of pyridine rings is 1. The highest BCUT2D eigenvalue weighted by Gasteiger charge is 2.33. The van der Waals surface area contributed by atoms with E-state index in [1.165, 1.54) is 0 Å². The molecule has 0 spiro atoms. The Balaban J connectivity index is 2.26. The summed E-state index contributed by atoms with van der Waals surface area (Å²) < 4.78 is 0. The third-order valence-electron chi connectivity index (χ3n) is 4.30. The molecule has 1 N–H and O–H groups in total. The SMILES string of the molecule is CCCN(CCC)C(=O)C(c1cccnc1)N1CCNC(C)C1. The van der Waals surface area contributed by atoms with Gasteiger partial charge in [-0.2, -0.15) is 0 Å². The Labute approximate surface area is 140 Å². The molecule has 2 atom stereocenters. The van der Waals surface area contributed by atoms with Gasteiger partial charge in [0.15, 0.2) is 0 Å². The molecule has 1 saturated heterocycles. The molecule has 0 saturated carbocycles. The first kappa shape index (κ1) is 17.9. The van der Waals surface area contributed by atoms with Crippen LogP contribution < -0.4 is 5.32 Å². The zero-order valence-corrected chi connectivity index (χ0v) is 14.7. The van der Waals surface area contributed by atoms with Crippen LogP contribution in [-0.2, 0) is 4.79 Å². The average Bonchev–Trinajstić information content (AvgIpc) is 2.56. The van der Waals surface area contributed by atoms with Gasteiger partial charge in [-0.25, -0.2) is 0 Å². The largest absolute Gasteiger partial charge is 0.341 e. The number of piperazine rings is 1. The lowest BCUT2D eigenvalue weighted by atomic mass is 10.0. The summed E-state index contributed by atoms with van der Waals surface area (Å²) in [5, 5.41) is 3.45. The van der Waals surface area contributed by atoms with Crippen LogP contribution in [0.2, 0.25) is 0 Å². The summed E-state index contributed by atoms with van der Waals surface area (Å²) in [5.74, 6) is 0.218. The second-order valence-electron chi connectivity index (χ2n) is 6.36. The molecule has 0 bridgehead atoms. The maximum absolute atomic E-state index is 13.3. The molecule has 0 aromatic carbocycles. The summed E-state index contributed by atoms with van der Waals surface area (Å²) in [6.45, 7) is 10.8. The molecule has 5 heteroatoms. The standard InChI is InChI=1S/C18H30N4O/c1-4-10-21(11-5-2)18(23)17(16-7-6-8-19-13-16)22-12-9-20-15(3)14-22/h6-8,13,15,17,20H,4-5,9-12,14H2,1-3H3. The highest BCUT2D eigenvalue weighted by Crippen LogP contribution is 2.24. The van der Waals surface area contributed by atoms with Crippen molar-refractivity contribution in [1.29, 1.82) is 0 Å². The van der Waals surface area contributed by atoms with Gasteiger partial charge in [0.1, 0.15) is 6.04 Å². The van der Waals surface area contributed by atoms with Gasteiger partial charge in [-0.3, -0.25) is 14.7 Å². The fraction of sp³-hybridized carbons (Fsp3) is 0.667. The van der Waals surface area contributed by atoms with Crippen LogP contribution in [0.1, 0.15) is 45.2 Å². The molecular formula is C18H30N4O. The molecule has 1 amide bonds. The molecular weight excluding hydrogens is 288 g/mol. The molecule has 128 valence electrons. The minimum absolute atomic E-state index is 0.216. The lowest BCUT2D eigenvalue weighted by molar-refractivity contribution is -0.138. The van der Waals surface area contributed by atoms with Crippen molar-refractivity contribution in [3.63, 3.8) is 0 Å². The number of hydrogen-bond acceptors (Lipinski definition) is 4. The Kier molecular flexibility index (Phi) is 6.99. The summed E-state index contributed by atoms with van der Waals surface area (Å²) in [5.41, 5.74) is 1.00. The molecule has 23 heavy (non-hydrogen) atoms. The Morgan fingerprint density at radius 1 is 1.43 bits per heavy atom. The third-order valence-corrected chi connectivity index (χ3v) is 4.30. The van der Waals surface area contributed by atoms with E-state index in [-0.39, 0.29) is 11.9 Å². The fourth-order valence-electron chi connectivity index (χ4n) is 3.29. The van der Waals surface area contributed by atoms with Gasteiger partial charge in [-0.05, 0) is 31.4 Å². The number of rotatable bonds is 7. The molecule has 1 aromatic heterocycles. The first-order valence-corrected chi connectivity index (χ1v) is 8.83. The topological polar surface area (TPSA) is 48.5 Å². The molecule has 0 aliphatic carbocycles. The van der Waals surface area contributed by atoms with Crippen LogP contribution in [0, 0.1) is 0 Å². The second kappa shape index (κ2) is 8.99. The Hall–Kier alpha value is -1.46. The molecule has 1 aliphatic heterocycles. The molecule has 1 aromatic rings. The van der Waals surface area contributed by atoms with Crippen LogP contribution in [-0.4, -0.2) is 59.5 Å². The molecule has 0 radical (unpaired) electrons. The normalized spacial score (nSPS) is 20.2. The Morgan fingerprint density at radius 2 is 2.17 bits per heavy atom. The van der Waals surface area contributed by atoms with E-state index in [2.05, 4.69) is 36.0 Å². The first-order valence-electron chi connectivity index (χ1n) is 8.83. The summed E-state index contributed by atoms with van der Waals surface area (Å²) in [6, 6.07) is 4.14. The minimum atomic E-state index is -0.216. The van der Waals surface area contributed by atoms with Crippen LogP contribution in [0.5, 0.6) is 0 Å². The van der Waals surface area contributed by atoms with Crippen LogP contribution in [0.15, 0.2) is 24.5 Å². The van der Waals surface area contributed by atoms with Gasteiger partial charge in [-0.15, -0.1) is 0 Å². The van der Waals surface area contributed by atoms with Gasteiger partial charge in [0.05, 0.1) is 0 Å². The molecule has 1 aliphatic rings. The molecule has 2 unspecified atom stereocenters. The highest BCUT2D eigenvalue weighted by atomic mass is 16.2. The van der Waals surface area contributed by atoms with Gasteiger partial charge in [0.2, 0.25) is 5.91 Å². The van der Waals surface area contributed by atoms with Gasteiger partial charge >= 0.3 is 0 Å². The van der Waals surface area contributed by atoms with E-state index in [9.17, 15) is 4.79 Å². The number of hydrogen-bond donors (Lipinski definition) is 1. The fourth-order valence-corrected chi connectivity index (χ4v) is 3.29. The van der Waals surface area contributed by atoms with E-state index in [0.717, 1.165) is 51.1 Å². The van der Waals surface area contributed by atoms with Crippen molar-refractivity contribution < 1.29 is 4.79 Å². The van der Waals surface area contributed by atoms with Gasteiger partial charge in [-0.1, -0.05) is 19.9 Å². The lowest BCUT2D eigenvalue weighted by Crippen LogP contribution is -2.53. The van der Waals surface area contributed by atoms with Gasteiger partial charge in [0.25, 0.3) is 0 Å². The van der Waals surface area contributed by atoms with E-state index in [0.29, 0.717) is 6.04 Å². The summed E-state index contributed by atoms with van der Waals surface area (Å²) in [4.78, 5) is 21.8.